The zero-order valence-electron chi connectivity index (χ0n) is 8.29. The average Bonchev–Trinajstić information content (AvgIpc) is 2.13. The van der Waals surface area contributed by atoms with E-state index >= 15 is 0 Å². The van der Waals surface area contributed by atoms with Gasteiger partial charge in [0, 0.05) is 15.7 Å². The minimum atomic E-state index is -5.97. The molecular weight excluding hydrogens is 304 g/mol. The van der Waals surface area contributed by atoms with Gasteiger partial charge in [-0.25, -0.2) is 0 Å². The van der Waals surface area contributed by atoms with Crippen LogP contribution in [-0.2, 0) is 4.79 Å². The summed E-state index contributed by atoms with van der Waals surface area (Å²) in [5.74, 6) is -8.00. The van der Waals surface area contributed by atoms with Crippen LogP contribution in [0.15, 0.2) is 18.2 Å². The first-order valence-corrected chi connectivity index (χ1v) is 5.01. The standard InChI is InChI=1S/C9H4Cl2F5NO/c10-4-1-5(11)3-6(2-4)17-7(18)8(12,13)9(14,15)16/h1-3H,(H,17,18). The maximum Gasteiger partial charge on any atom is 0.463 e. The minimum Gasteiger partial charge on any atom is -0.320 e. The molecule has 9 heteroatoms. The van der Waals surface area contributed by atoms with Crippen molar-refractivity contribution in [3.63, 3.8) is 0 Å². The molecule has 0 aliphatic carbocycles. The van der Waals surface area contributed by atoms with Gasteiger partial charge in [-0.2, -0.15) is 22.0 Å². The molecule has 1 N–H and O–H groups in total. The second-order valence-corrected chi connectivity index (χ2v) is 4.06. The lowest BCUT2D eigenvalue weighted by molar-refractivity contribution is -0.267. The summed E-state index contributed by atoms with van der Waals surface area (Å²) in [6.45, 7) is 0. The van der Waals surface area contributed by atoms with Crippen LogP contribution in [0, 0.1) is 0 Å². The van der Waals surface area contributed by atoms with Crippen molar-refractivity contribution in [1.82, 2.24) is 0 Å². The van der Waals surface area contributed by atoms with Gasteiger partial charge < -0.3 is 5.32 Å². The van der Waals surface area contributed by atoms with E-state index in [1.54, 1.807) is 0 Å². The molecule has 0 atom stereocenters. The number of carbonyl (C=O) groups excluding carboxylic acids is 1. The summed E-state index contributed by atoms with van der Waals surface area (Å²) in [5, 5.41) is 1.35. The summed E-state index contributed by atoms with van der Waals surface area (Å²) < 4.78 is 60.9. The largest absolute Gasteiger partial charge is 0.463 e. The topological polar surface area (TPSA) is 29.1 Å². The van der Waals surface area contributed by atoms with Crippen LogP contribution in [0.2, 0.25) is 10.0 Å². The molecule has 0 radical (unpaired) electrons. The van der Waals surface area contributed by atoms with Gasteiger partial charge in [0.1, 0.15) is 0 Å². The van der Waals surface area contributed by atoms with Crippen molar-refractivity contribution in [2.75, 3.05) is 5.32 Å². The monoisotopic (exact) mass is 307 g/mol. The van der Waals surface area contributed by atoms with Crippen molar-refractivity contribution in [2.24, 2.45) is 0 Å². The Kier molecular flexibility index (Phi) is 4.07. The second kappa shape index (κ2) is 4.89. The Bertz CT molecular complexity index is 454. The fraction of sp³-hybridized carbons (Fsp3) is 0.222. The number of hydrogen-bond acceptors (Lipinski definition) is 1. The Morgan fingerprint density at radius 3 is 1.83 bits per heavy atom. The molecule has 1 aromatic rings. The van der Waals surface area contributed by atoms with E-state index < -0.39 is 18.0 Å². The predicted molar refractivity (Wildman–Crippen MR) is 56.1 cm³/mol. The number of nitrogens with one attached hydrogen (secondary N) is 1. The number of carbonyl (C=O) groups is 1. The molecule has 1 amide bonds. The van der Waals surface area contributed by atoms with E-state index in [0.29, 0.717) is 0 Å². The second-order valence-electron chi connectivity index (χ2n) is 3.18. The summed E-state index contributed by atoms with van der Waals surface area (Å²) in [7, 11) is 0. The zero-order chi connectivity index (χ0) is 14.1. The highest BCUT2D eigenvalue weighted by atomic mass is 35.5. The lowest BCUT2D eigenvalue weighted by Crippen LogP contribution is -2.47. The molecule has 1 aromatic carbocycles. The van der Waals surface area contributed by atoms with Crippen LogP contribution < -0.4 is 5.32 Å². The molecule has 0 aliphatic rings. The fourth-order valence-electron chi connectivity index (χ4n) is 0.964. The molecule has 0 saturated carbocycles. The molecule has 0 fully saturated rings. The van der Waals surface area contributed by atoms with Crippen LogP contribution in [-0.4, -0.2) is 18.0 Å². The maximum atomic E-state index is 12.6. The van der Waals surface area contributed by atoms with Gasteiger partial charge in [0.05, 0.1) is 0 Å². The van der Waals surface area contributed by atoms with Crippen LogP contribution in [0.4, 0.5) is 27.6 Å². The quantitative estimate of drug-likeness (QED) is 0.818. The Morgan fingerprint density at radius 2 is 1.44 bits per heavy atom. The van der Waals surface area contributed by atoms with Gasteiger partial charge in [-0.15, -0.1) is 0 Å². The van der Waals surface area contributed by atoms with Crippen LogP contribution in [0.25, 0.3) is 0 Å². The normalized spacial score (nSPS) is 12.4. The number of hydrogen-bond donors (Lipinski definition) is 1. The third-order valence-corrected chi connectivity index (χ3v) is 2.20. The third kappa shape index (κ3) is 3.23. The van der Waals surface area contributed by atoms with E-state index in [1.165, 1.54) is 11.4 Å². The molecule has 0 aromatic heterocycles. The van der Waals surface area contributed by atoms with Crippen molar-refractivity contribution in [3.8, 4) is 0 Å². The van der Waals surface area contributed by atoms with Crippen LogP contribution >= 0.6 is 23.2 Å². The fourth-order valence-corrected chi connectivity index (χ4v) is 1.49. The molecule has 0 heterocycles. The molecule has 0 saturated heterocycles. The number of halogens is 7. The highest BCUT2D eigenvalue weighted by Crippen LogP contribution is 2.36. The van der Waals surface area contributed by atoms with E-state index in [2.05, 4.69) is 0 Å². The Hall–Kier alpha value is -1.08. The number of rotatable bonds is 2. The van der Waals surface area contributed by atoms with Crippen molar-refractivity contribution in [2.45, 2.75) is 12.1 Å². The van der Waals surface area contributed by atoms with Crippen molar-refractivity contribution >= 4 is 34.8 Å². The molecular formula is C9H4Cl2F5NO. The minimum absolute atomic E-state index is 0.0203. The van der Waals surface area contributed by atoms with Crippen LogP contribution in [0.5, 0.6) is 0 Å². The summed E-state index contributed by atoms with van der Waals surface area (Å²) in [4.78, 5) is 10.8. The molecule has 0 aliphatic heterocycles. The molecule has 2 nitrogen and oxygen atoms in total. The van der Waals surface area contributed by atoms with Gasteiger partial charge in [0.25, 0.3) is 0 Å². The van der Waals surface area contributed by atoms with E-state index in [4.69, 9.17) is 23.2 Å². The number of amides is 1. The van der Waals surface area contributed by atoms with E-state index in [-0.39, 0.29) is 15.7 Å². The van der Waals surface area contributed by atoms with Gasteiger partial charge in [-0.1, -0.05) is 23.2 Å². The summed E-state index contributed by atoms with van der Waals surface area (Å²) in [6, 6.07) is 3.19. The lowest BCUT2D eigenvalue weighted by Gasteiger charge is -2.18. The van der Waals surface area contributed by atoms with Crippen molar-refractivity contribution in [3.05, 3.63) is 28.2 Å². The molecule has 18 heavy (non-hydrogen) atoms. The van der Waals surface area contributed by atoms with Gasteiger partial charge in [-0.3, -0.25) is 4.79 Å². The molecule has 1 rings (SSSR count). The van der Waals surface area contributed by atoms with Crippen molar-refractivity contribution < 1.29 is 26.7 Å². The highest BCUT2D eigenvalue weighted by molar-refractivity contribution is 6.35. The van der Waals surface area contributed by atoms with Crippen LogP contribution in [0.1, 0.15) is 0 Å². The summed E-state index contributed by atoms with van der Waals surface area (Å²) in [6.07, 6.45) is -5.97. The Labute approximate surface area is 108 Å². The van der Waals surface area contributed by atoms with Gasteiger partial charge in [-0.05, 0) is 18.2 Å². The SMILES string of the molecule is O=C(Nc1cc(Cl)cc(Cl)c1)C(F)(F)C(F)(F)F. The van der Waals surface area contributed by atoms with Crippen molar-refractivity contribution in [1.29, 1.82) is 0 Å². The van der Waals surface area contributed by atoms with Gasteiger partial charge >= 0.3 is 18.0 Å². The summed E-state index contributed by atoms with van der Waals surface area (Å²) >= 11 is 11.0. The molecule has 0 bridgehead atoms. The van der Waals surface area contributed by atoms with Crippen LogP contribution in [0.3, 0.4) is 0 Å². The zero-order valence-corrected chi connectivity index (χ0v) is 9.80. The highest BCUT2D eigenvalue weighted by Gasteiger charge is 2.63. The first-order valence-electron chi connectivity index (χ1n) is 4.26. The third-order valence-electron chi connectivity index (χ3n) is 1.76. The molecule has 100 valence electrons. The predicted octanol–water partition coefficient (Wildman–Crippen LogP) is 4.13. The summed E-state index contributed by atoms with van der Waals surface area (Å²) in [5.41, 5.74) is -0.360. The van der Waals surface area contributed by atoms with Gasteiger partial charge in [0.2, 0.25) is 0 Å². The smallest absolute Gasteiger partial charge is 0.320 e. The first-order chi connectivity index (χ1) is 8.04. The van der Waals surface area contributed by atoms with E-state index in [1.807, 2.05) is 0 Å². The molecule has 0 spiro atoms. The number of anilines is 1. The van der Waals surface area contributed by atoms with E-state index in [0.717, 1.165) is 12.1 Å². The maximum absolute atomic E-state index is 12.6. The van der Waals surface area contributed by atoms with Gasteiger partial charge in [0.15, 0.2) is 0 Å². The lowest BCUT2D eigenvalue weighted by atomic mass is 10.2. The first kappa shape index (κ1) is 15.0. The Morgan fingerprint density at radius 1 is 1.00 bits per heavy atom. The number of benzene rings is 1. The van der Waals surface area contributed by atoms with E-state index in [9.17, 15) is 26.7 Å². The average molecular weight is 308 g/mol. The number of alkyl halides is 5. The molecule has 0 unspecified atom stereocenters. The Balaban J connectivity index is 2.95.